The first kappa shape index (κ1) is 9.09. The van der Waals surface area contributed by atoms with Crippen LogP contribution >= 0.6 is 11.8 Å². The number of aromatic nitrogens is 2. The van der Waals surface area contributed by atoms with Crippen molar-refractivity contribution in [1.29, 1.82) is 0 Å². The molecular formula is C9H14N2OS. The van der Waals surface area contributed by atoms with Crippen molar-refractivity contribution in [3.05, 3.63) is 18.0 Å². The molecule has 1 aliphatic heterocycles. The lowest BCUT2D eigenvalue weighted by atomic mass is 10.3. The van der Waals surface area contributed by atoms with E-state index in [9.17, 15) is 0 Å². The minimum Gasteiger partial charge on any atom is -0.396 e. The van der Waals surface area contributed by atoms with Crippen molar-refractivity contribution < 1.29 is 5.11 Å². The topological polar surface area (TPSA) is 38.1 Å². The molecule has 1 atom stereocenters. The fourth-order valence-electron chi connectivity index (χ4n) is 1.56. The summed E-state index contributed by atoms with van der Waals surface area (Å²) in [4.78, 5) is 0. The van der Waals surface area contributed by atoms with Crippen LogP contribution in [0.25, 0.3) is 0 Å². The SMILES string of the molecule is OCCc1cnn(C2CCCS2)c1. The molecule has 1 aliphatic rings. The summed E-state index contributed by atoms with van der Waals surface area (Å²) in [5, 5.41) is 13.6. The molecule has 2 rings (SSSR count). The molecule has 0 spiro atoms. The van der Waals surface area contributed by atoms with E-state index in [4.69, 9.17) is 5.11 Å². The second-order valence-corrected chi connectivity index (χ2v) is 4.56. The number of nitrogens with zero attached hydrogens (tertiary/aromatic N) is 2. The summed E-state index contributed by atoms with van der Waals surface area (Å²) >= 11 is 1.96. The molecule has 0 radical (unpaired) electrons. The third-order valence-electron chi connectivity index (χ3n) is 2.26. The zero-order valence-electron chi connectivity index (χ0n) is 7.52. The first-order valence-electron chi connectivity index (χ1n) is 4.65. The predicted octanol–water partition coefficient (Wildman–Crippen LogP) is 1.44. The van der Waals surface area contributed by atoms with Gasteiger partial charge in [0.1, 0.15) is 0 Å². The highest BCUT2D eigenvalue weighted by molar-refractivity contribution is 7.99. The Balaban J connectivity index is 2.03. The van der Waals surface area contributed by atoms with E-state index < -0.39 is 0 Å². The van der Waals surface area contributed by atoms with Gasteiger partial charge in [-0.15, -0.1) is 11.8 Å². The van der Waals surface area contributed by atoms with E-state index in [0.717, 1.165) is 12.0 Å². The van der Waals surface area contributed by atoms with Gasteiger partial charge in [-0.05, 0) is 30.6 Å². The van der Waals surface area contributed by atoms with Crippen LogP contribution in [-0.4, -0.2) is 27.2 Å². The molecule has 0 saturated carbocycles. The molecule has 1 N–H and O–H groups in total. The van der Waals surface area contributed by atoms with Crippen molar-refractivity contribution in [2.75, 3.05) is 12.4 Å². The minimum absolute atomic E-state index is 0.212. The first-order chi connectivity index (χ1) is 6.40. The highest BCUT2D eigenvalue weighted by Gasteiger charge is 2.17. The van der Waals surface area contributed by atoms with Gasteiger partial charge in [-0.25, -0.2) is 0 Å². The van der Waals surface area contributed by atoms with Gasteiger partial charge in [0, 0.05) is 12.8 Å². The summed E-state index contributed by atoms with van der Waals surface area (Å²) < 4.78 is 2.03. The Labute approximate surface area is 82.1 Å². The van der Waals surface area contributed by atoms with Crippen molar-refractivity contribution in [2.24, 2.45) is 0 Å². The summed E-state index contributed by atoms with van der Waals surface area (Å²) in [5.41, 5.74) is 1.13. The largest absolute Gasteiger partial charge is 0.396 e. The molecule has 72 valence electrons. The third kappa shape index (κ3) is 2.06. The molecule has 0 aromatic carbocycles. The molecule has 1 fully saturated rings. The van der Waals surface area contributed by atoms with Gasteiger partial charge in [-0.2, -0.15) is 5.10 Å². The third-order valence-corrected chi connectivity index (χ3v) is 3.62. The zero-order chi connectivity index (χ0) is 9.10. The molecule has 3 nitrogen and oxygen atoms in total. The van der Waals surface area contributed by atoms with Gasteiger partial charge in [0.2, 0.25) is 0 Å². The average molecular weight is 198 g/mol. The Morgan fingerprint density at radius 1 is 1.69 bits per heavy atom. The van der Waals surface area contributed by atoms with E-state index >= 15 is 0 Å². The maximum atomic E-state index is 8.75. The maximum absolute atomic E-state index is 8.75. The maximum Gasteiger partial charge on any atom is 0.0970 e. The lowest BCUT2D eigenvalue weighted by Crippen LogP contribution is -2.01. The Kier molecular flexibility index (Phi) is 2.90. The molecule has 0 aliphatic carbocycles. The quantitative estimate of drug-likeness (QED) is 0.798. The molecule has 1 aromatic heterocycles. The Morgan fingerprint density at radius 2 is 2.62 bits per heavy atom. The Hall–Kier alpha value is -0.480. The van der Waals surface area contributed by atoms with E-state index in [1.165, 1.54) is 18.6 Å². The highest BCUT2D eigenvalue weighted by Crippen LogP contribution is 2.34. The van der Waals surface area contributed by atoms with E-state index in [1.54, 1.807) is 0 Å². The summed E-state index contributed by atoms with van der Waals surface area (Å²) in [6.45, 7) is 0.212. The van der Waals surface area contributed by atoms with E-state index in [-0.39, 0.29) is 6.61 Å². The molecule has 13 heavy (non-hydrogen) atoms. The molecule has 0 bridgehead atoms. The number of hydrogen-bond acceptors (Lipinski definition) is 3. The highest BCUT2D eigenvalue weighted by atomic mass is 32.2. The smallest absolute Gasteiger partial charge is 0.0970 e. The first-order valence-corrected chi connectivity index (χ1v) is 5.70. The second kappa shape index (κ2) is 4.15. The summed E-state index contributed by atoms with van der Waals surface area (Å²) in [7, 11) is 0. The van der Waals surface area contributed by atoms with Crippen LogP contribution in [-0.2, 0) is 6.42 Å². The van der Waals surface area contributed by atoms with Crippen LogP contribution in [0.4, 0.5) is 0 Å². The number of rotatable bonds is 3. The van der Waals surface area contributed by atoms with Crippen LogP contribution in [0.3, 0.4) is 0 Å². The van der Waals surface area contributed by atoms with Crippen LogP contribution in [0.5, 0.6) is 0 Å². The van der Waals surface area contributed by atoms with Gasteiger partial charge in [-0.3, -0.25) is 4.68 Å². The van der Waals surface area contributed by atoms with Crippen molar-refractivity contribution >= 4 is 11.8 Å². The van der Waals surface area contributed by atoms with E-state index in [0.29, 0.717) is 5.37 Å². The van der Waals surface area contributed by atoms with Crippen LogP contribution in [0.1, 0.15) is 23.8 Å². The second-order valence-electron chi connectivity index (χ2n) is 3.27. The average Bonchev–Trinajstić information content (AvgIpc) is 2.70. The van der Waals surface area contributed by atoms with Crippen molar-refractivity contribution in [2.45, 2.75) is 24.6 Å². The van der Waals surface area contributed by atoms with Gasteiger partial charge in [0.15, 0.2) is 0 Å². The summed E-state index contributed by atoms with van der Waals surface area (Å²) in [5.74, 6) is 1.25. The van der Waals surface area contributed by atoms with Crippen LogP contribution in [0.2, 0.25) is 0 Å². The lowest BCUT2D eigenvalue weighted by molar-refractivity contribution is 0.299. The predicted molar refractivity (Wildman–Crippen MR) is 53.7 cm³/mol. The summed E-state index contributed by atoms with van der Waals surface area (Å²) in [6.07, 6.45) is 7.15. The van der Waals surface area contributed by atoms with Gasteiger partial charge in [0.05, 0.1) is 11.6 Å². The van der Waals surface area contributed by atoms with Gasteiger partial charge in [-0.1, -0.05) is 0 Å². The minimum atomic E-state index is 0.212. The normalized spacial score (nSPS) is 22.4. The molecule has 1 unspecified atom stereocenters. The number of hydrogen-bond donors (Lipinski definition) is 1. The van der Waals surface area contributed by atoms with E-state index in [2.05, 4.69) is 11.3 Å². The Morgan fingerprint density at radius 3 is 3.31 bits per heavy atom. The molecule has 1 saturated heterocycles. The lowest BCUT2D eigenvalue weighted by Gasteiger charge is -2.07. The van der Waals surface area contributed by atoms with Crippen molar-refractivity contribution in [3.8, 4) is 0 Å². The summed E-state index contributed by atoms with van der Waals surface area (Å²) in [6, 6.07) is 0. The van der Waals surface area contributed by atoms with Gasteiger partial charge >= 0.3 is 0 Å². The molecule has 0 amide bonds. The number of thioether (sulfide) groups is 1. The molecular weight excluding hydrogens is 184 g/mol. The van der Waals surface area contributed by atoms with Crippen LogP contribution < -0.4 is 0 Å². The fourth-order valence-corrected chi connectivity index (χ4v) is 2.77. The van der Waals surface area contributed by atoms with Gasteiger partial charge < -0.3 is 5.11 Å². The molecule has 4 heteroatoms. The molecule has 2 heterocycles. The standard InChI is InChI=1S/C9H14N2OS/c12-4-3-8-6-10-11(7-8)9-2-1-5-13-9/h6-7,9,12H,1-5H2. The zero-order valence-corrected chi connectivity index (χ0v) is 8.33. The van der Waals surface area contributed by atoms with Crippen LogP contribution in [0.15, 0.2) is 12.4 Å². The monoisotopic (exact) mass is 198 g/mol. The van der Waals surface area contributed by atoms with Crippen molar-refractivity contribution in [3.63, 3.8) is 0 Å². The Bertz CT molecular complexity index is 268. The molecule has 1 aromatic rings. The van der Waals surface area contributed by atoms with Crippen molar-refractivity contribution in [1.82, 2.24) is 9.78 Å². The van der Waals surface area contributed by atoms with Gasteiger partial charge in [0.25, 0.3) is 0 Å². The number of aliphatic hydroxyl groups excluding tert-OH is 1. The van der Waals surface area contributed by atoms with Crippen LogP contribution in [0, 0.1) is 0 Å². The van der Waals surface area contributed by atoms with E-state index in [1.807, 2.05) is 22.6 Å². The fraction of sp³-hybridized carbons (Fsp3) is 0.667. The number of aliphatic hydroxyl groups is 1.